The van der Waals surface area contributed by atoms with Crippen molar-refractivity contribution in [1.82, 2.24) is 9.88 Å². The van der Waals surface area contributed by atoms with E-state index in [1.54, 1.807) is 0 Å². The Balaban J connectivity index is 1.89. The van der Waals surface area contributed by atoms with Crippen molar-refractivity contribution < 1.29 is 14.7 Å². The summed E-state index contributed by atoms with van der Waals surface area (Å²) in [7, 11) is 0. The molecule has 0 atom stereocenters. The van der Waals surface area contributed by atoms with Crippen LogP contribution in [0.3, 0.4) is 0 Å². The van der Waals surface area contributed by atoms with E-state index >= 15 is 0 Å². The minimum atomic E-state index is -0.737. The number of hydrogen-bond acceptors (Lipinski definition) is 4. The van der Waals surface area contributed by atoms with Crippen LogP contribution in [0.5, 0.6) is 0 Å². The first-order valence-electron chi connectivity index (χ1n) is 6.92. The van der Waals surface area contributed by atoms with E-state index in [0.29, 0.717) is 5.92 Å². The van der Waals surface area contributed by atoms with Crippen LogP contribution in [-0.2, 0) is 4.79 Å². The van der Waals surface area contributed by atoms with E-state index in [4.69, 9.17) is 5.11 Å². The Labute approximate surface area is 122 Å². The highest BCUT2D eigenvalue weighted by molar-refractivity contribution is 7.13. The Bertz CT molecular complexity index is 505. The number of carbonyl (C=O) groups excluding carboxylic acids is 1. The van der Waals surface area contributed by atoms with Gasteiger partial charge in [-0.3, -0.25) is 9.59 Å². The molecule has 1 aromatic rings. The number of aryl methyl sites for hydroxylation is 2. The van der Waals surface area contributed by atoms with Crippen LogP contribution in [0.15, 0.2) is 0 Å². The zero-order valence-electron chi connectivity index (χ0n) is 11.9. The van der Waals surface area contributed by atoms with Gasteiger partial charge in [-0.15, -0.1) is 11.3 Å². The fourth-order valence-electron chi connectivity index (χ4n) is 2.63. The number of carbonyl (C=O) groups is 2. The average molecular weight is 296 g/mol. The Kier molecular flexibility index (Phi) is 4.75. The molecular formula is C14H20N2O3S. The fourth-order valence-corrected chi connectivity index (χ4v) is 3.51. The Hall–Kier alpha value is -1.43. The zero-order valence-corrected chi connectivity index (χ0v) is 12.7. The van der Waals surface area contributed by atoms with Crippen LogP contribution in [0.25, 0.3) is 0 Å². The van der Waals surface area contributed by atoms with Crippen LogP contribution < -0.4 is 0 Å². The SMILES string of the molecule is Cc1nc(C)c(C(=O)N2CCC(CCC(=O)O)CC2)s1. The standard InChI is InChI=1S/C14H20N2O3S/c1-9-13(20-10(2)15-9)14(19)16-7-5-11(6-8-16)3-4-12(17)18/h11H,3-8H2,1-2H3,(H,17,18). The lowest BCUT2D eigenvalue weighted by atomic mass is 9.92. The van der Waals surface area contributed by atoms with Crippen molar-refractivity contribution in [2.75, 3.05) is 13.1 Å². The van der Waals surface area contributed by atoms with E-state index in [-0.39, 0.29) is 12.3 Å². The van der Waals surface area contributed by atoms with Gasteiger partial charge in [0.2, 0.25) is 0 Å². The third kappa shape index (κ3) is 3.56. The van der Waals surface area contributed by atoms with Crippen molar-refractivity contribution >= 4 is 23.2 Å². The molecule has 2 heterocycles. The highest BCUT2D eigenvalue weighted by atomic mass is 32.1. The van der Waals surface area contributed by atoms with Gasteiger partial charge in [-0.25, -0.2) is 4.98 Å². The van der Waals surface area contributed by atoms with Crippen molar-refractivity contribution in [2.45, 2.75) is 39.5 Å². The molecule has 1 aliphatic heterocycles. The molecule has 1 aromatic heterocycles. The topological polar surface area (TPSA) is 70.5 Å². The van der Waals surface area contributed by atoms with Gasteiger partial charge in [0.15, 0.2) is 0 Å². The molecule has 0 spiro atoms. The van der Waals surface area contributed by atoms with Gasteiger partial charge in [-0.2, -0.15) is 0 Å². The fraction of sp³-hybridized carbons (Fsp3) is 0.643. The van der Waals surface area contributed by atoms with E-state index in [9.17, 15) is 9.59 Å². The highest BCUT2D eigenvalue weighted by Crippen LogP contribution is 2.25. The number of aromatic nitrogens is 1. The molecule has 0 saturated carbocycles. The number of carboxylic acid groups (broad SMARTS) is 1. The molecule has 2 rings (SSSR count). The maximum absolute atomic E-state index is 12.4. The first kappa shape index (κ1) is 15.0. The summed E-state index contributed by atoms with van der Waals surface area (Å²) >= 11 is 1.45. The molecule has 20 heavy (non-hydrogen) atoms. The molecule has 0 aromatic carbocycles. The van der Waals surface area contributed by atoms with Crippen LogP contribution in [0, 0.1) is 19.8 Å². The van der Waals surface area contributed by atoms with Crippen molar-refractivity contribution in [1.29, 1.82) is 0 Å². The van der Waals surface area contributed by atoms with Gasteiger partial charge < -0.3 is 10.0 Å². The maximum atomic E-state index is 12.4. The molecule has 5 nitrogen and oxygen atoms in total. The summed E-state index contributed by atoms with van der Waals surface area (Å²) in [6.07, 6.45) is 2.74. The lowest BCUT2D eigenvalue weighted by Gasteiger charge is -2.31. The smallest absolute Gasteiger partial charge is 0.303 e. The largest absolute Gasteiger partial charge is 0.481 e. The third-order valence-electron chi connectivity index (χ3n) is 3.77. The second kappa shape index (κ2) is 6.35. The average Bonchev–Trinajstić information content (AvgIpc) is 2.75. The molecule has 0 radical (unpaired) electrons. The van der Waals surface area contributed by atoms with Gasteiger partial charge in [-0.05, 0) is 39.0 Å². The van der Waals surface area contributed by atoms with Crippen LogP contribution in [0.1, 0.15) is 46.1 Å². The number of piperidine rings is 1. The minimum absolute atomic E-state index is 0.0739. The number of amides is 1. The first-order valence-corrected chi connectivity index (χ1v) is 7.74. The van der Waals surface area contributed by atoms with Gasteiger partial charge in [0.05, 0.1) is 10.7 Å². The quantitative estimate of drug-likeness (QED) is 0.926. The van der Waals surface area contributed by atoms with Gasteiger partial charge in [0, 0.05) is 19.5 Å². The summed E-state index contributed by atoms with van der Waals surface area (Å²) in [6.45, 7) is 5.22. The van der Waals surface area contributed by atoms with Gasteiger partial charge in [0.25, 0.3) is 5.91 Å². The normalized spacial score (nSPS) is 16.4. The molecule has 110 valence electrons. The molecule has 1 fully saturated rings. The minimum Gasteiger partial charge on any atom is -0.481 e. The molecule has 0 unspecified atom stereocenters. The molecular weight excluding hydrogens is 276 g/mol. The predicted molar refractivity (Wildman–Crippen MR) is 77.1 cm³/mol. The lowest BCUT2D eigenvalue weighted by Crippen LogP contribution is -2.38. The summed E-state index contributed by atoms with van der Waals surface area (Å²) in [5.74, 6) is -0.233. The lowest BCUT2D eigenvalue weighted by molar-refractivity contribution is -0.137. The van der Waals surface area contributed by atoms with E-state index in [1.165, 1.54) is 11.3 Å². The van der Waals surface area contributed by atoms with Crippen molar-refractivity contribution in [2.24, 2.45) is 5.92 Å². The Morgan fingerprint density at radius 2 is 2.00 bits per heavy atom. The van der Waals surface area contributed by atoms with Gasteiger partial charge in [0.1, 0.15) is 4.88 Å². The summed E-state index contributed by atoms with van der Waals surface area (Å²) in [5.41, 5.74) is 0.811. The number of thiazole rings is 1. The highest BCUT2D eigenvalue weighted by Gasteiger charge is 2.26. The van der Waals surface area contributed by atoms with Crippen LogP contribution in [0.2, 0.25) is 0 Å². The first-order chi connectivity index (χ1) is 9.47. The van der Waals surface area contributed by atoms with Gasteiger partial charge >= 0.3 is 5.97 Å². The zero-order chi connectivity index (χ0) is 14.7. The Morgan fingerprint density at radius 1 is 1.35 bits per heavy atom. The summed E-state index contributed by atoms with van der Waals surface area (Å²) in [6, 6.07) is 0. The molecule has 1 aliphatic rings. The second-order valence-electron chi connectivity index (χ2n) is 5.32. The monoisotopic (exact) mass is 296 g/mol. The molecule has 1 amide bonds. The van der Waals surface area contributed by atoms with Crippen molar-refractivity contribution in [3.8, 4) is 0 Å². The molecule has 6 heteroatoms. The predicted octanol–water partition coefficient (Wildman–Crippen LogP) is 2.48. The van der Waals surface area contributed by atoms with E-state index < -0.39 is 5.97 Å². The van der Waals surface area contributed by atoms with Crippen molar-refractivity contribution in [3.05, 3.63) is 15.6 Å². The third-order valence-corrected chi connectivity index (χ3v) is 4.83. The van der Waals surface area contributed by atoms with Crippen LogP contribution in [-0.4, -0.2) is 40.0 Å². The number of hydrogen-bond donors (Lipinski definition) is 1. The summed E-state index contributed by atoms with van der Waals surface area (Å²) < 4.78 is 0. The molecule has 0 bridgehead atoms. The Morgan fingerprint density at radius 3 is 2.50 bits per heavy atom. The number of likely N-dealkylation sites (tertiary alicyclic amines) is 1. The number of rotatable bonds is 4. The summed E-state index contributed by atoms with van der Waals surface area (Å²) in [5, 5.41) is 9.61. The van der Waals surface area contributed by atoms with Gasteiger partial charge in [-0.1, -0.05) is 0 Å². The molecule has 1 N–H and O–H groups in total. The number of carboxylic acids is 1. The number of aliphatic carboxylic acids is 1. The van der Waals surface area contributed by atoms with E-state index in [0.717, 1.165) is 47.9 Å². The second-order valence-corrected chi connectivity index (χ2v) is 6.52. The molecule has 0 aliphatic carbocycles. The van der Waals surface area contributed by atoms with Crippen molar-refractivity contribution in [3.63, 3.8) is 0 Å². The maximum Gasteiger partial charge on any atom is 0.303 e. The molecule has 1 saturated heterocycles. The summed E-state index contributed by atoms with van der Waals surface area (Å²) in [4.78, 5) is 29.9. The van der Waals surface area contributed by atoms with E-state index in [1.807, 2.05) is 18.7 Å². The van der Waals surface area contributed by atoms with Crippen LogP contribution in [0.4, 0.5) is 0 Å². The number of nitrogens with zero attached hydrogens (tertiary/aromatic N) is 2. The van der Waals surface area contributed by atoms with Crippen LogP contribution >= 0.6 is 11.3 Å². The van der Waals surface area contributed by atoms with E-state index in [2.05, 4.69) is 4.98 Å².